The number of carbonyl (C=O) groups excluding carboxylic acids is 3. The maximum atomic E-state index is 12.7. The molecule has 0 aliphatic carbocycles. The Hall–Kier alpha value is -3.23. The summed E-state index contributed by atoms with van der Waals surface area (Å²) in [4.78, 5) is 37.7. The summed E-state index contributed by atoms with van der Waals surface area (Å²) in [6.45, 7) is 0. The number of thiophene rings is 1. The van der Waals surface area contributed by atoms with E-state index < -0.39 is 17.8 Å². The summed E-state index contributed by atoms with van der Waals surface area (Å²) in [5, 5.41) is 2.98. The van der Waals surface area contributed by atoms with Gasteiger partial charge >= 0.3 is 5.97 Å². The maximum Gasteiger partial charge on any atom is 0.353 e. The molecule has 0 radical (unpaired) electrons. The molecular weight excluding hydrogens is 456 g/mol. The first-order valence-corrected chi connectivity index (χ1v) is 10.2. The largest absolute Gasteiger partial charge is 0.422 e. The van der Waals surface area contributed by atoms with Crippen LogP contribution in [0, 0.1) is 0 Å². The number of carbonyl (C=O) groups is 3. The van der Waals surface area contributed by atoms with Crippen LogP contribution >= 0.6 is 27.3 Å². The molecule has 1 saturated heterocycles. The van der Waals surface area contributed by atoms with Gasteiger partial charge in [0.2, 0.25) is 0 Å². The molecule has 0 bridgehead atoms. The van der Waals surface area contributed by atoms with E-state index in [1.165, 1.54) is 22.4 Å². The van der Waals surface area contributed by atoms with Gasteiger partial charge in [-0.3, -0.25) is 15.0 Å². The Bertz CT molecular complexity index is 1140. The molecule has 0 spiro atoms. The van der Waals surface area contributed by atoms with E-state index in [9.17, 15) is 14.4 Å². The van der Waals surface area contributed by atoms with Gasteiger partial charge in [0.05, 0.1) is 5.69 Å². The fraction of sp³-hybridized carbons (Fsp3) is 0. The lowest BCUT2D eigenvalue weighted by molar-refractivity contribution is -0.117. The number of amides is 2. The first-order chi connectivity index (χ1) is 14.0. The van der Waals surface area contributed by atoms with Crippen LogP contribution < -0.4 is 15.2 Å². The van der Waals surface area contributed by atoms with E-state index in [0.717, 1.165) is 4.47 Å². The first-order valence-electron chi connectivity index (χ1n) is 8.50. The number of anilines is 1. The Morgan fingerprint density at radius 2 is 1.90 bits per heavy atom. The quantitative estimate of drug-likeness (QED) is 0.269. The van der Waals surface area contributed by atoms with E-state index in [-0.39, 0.29) is 5.57 Å². The van der Waals surface area contributed by atoms with Crippen LogP contribution in [0.3, 0.4) is 0 Å². The van der Waals surface area contributed by atoms with Crippen LogP contribution in [-0.4, -0.2) is 17.8 Å². The lowest BCUT2D eigenvalue weighted by Gasteiger charge is -2.14. The van der Waals surface area contributed by atoms with Gasteiger partial charge in [-0.1, -0.05) is 40.2 Å². The standard InChI is InChI=1S/C21H13BrN2O4S/c22-14-5-2-6-15(12-14)24-20(26)17(19(25)23-24)11-13-4-1-7-16(10-13)28-21(27)18-8-3-9-29-18/h1-12H,(H,23,25)/b17-11+. The van der Waals surface area contributed by atoms with Crippen molar-refractivity contribution in [3.63, 3.8) is 0 Å². The van der Waals surface area contributed by atoms with Crippen molar-refractivity contribution in [1.82, 2.24) is 5.43 Å². The number of halogens is 1. The fourth-order valence-corrected chi connectivity index (χ4v) is 3.73. The molecule has 1 aliphatic heterocycles. The molecule has 144 valence electrons. The van der Waals surface area contributed by atoms with Gasteiger partial charge in [-0.15, -0.1) is 11.3 Å². The molecule has 6 nitrogen and oxygen atoms in total. The molecule has 0 saturated carbocycles. The van der Waals surface area contributed by atoms with Crippen molar-refractivity contribution in [2.45, 2.75) is 0 Å². The minimum atomic E-state index is -0.504. The molecule has 0 atom stereocenters. The van der Waals surface area contributed by atoms with Crippen molar-refractivity contribution in [1.29, 1.82) is 0 Å². The number of nitrogens with one attached hydrogen (secondary N) is 1. The molecule has 29 heavy (non-hydrogen) atoms. The van der Waals surface area contributed by atoms with E-state index in [2.05, 4.69) is 21.4 Å². The Morgan fingerprint density at radius 1 is 1.07 bits per heavy atom. The molecule has 1 aromatic heterocycles. The van der Waals surface area contributed by atoms with Gasteiger partial charge in [0, 0.05) is 4.47 Å². The van der Waals surface area contributed by atoms with Gasteiger partial charge < -0.3 is 4.74 Å². The average Bonchev–Trinajstić information content (AvgIpc) is 3.33. The second-order valence-electron chi connectivity index (χ2n) is 6.06. The van der Waals surface area contributed by atoms with Crippen molar-refractivity contribution in [2.75, 3.05) is 5.01 Å². The van der Waals surface area contributed by atoms with Crippen molar-refractivity contribution < 1.29 is 19.1 Å². The van der Waals surface area contributed by atoms with Crippen molar-refractivity contribution in [3.8, 4) is 5.75 Å². The highest BCUT2D eigenvalue weighted by Gasteiger charge is 2.34. The molecule has 1 N–H and O–H groups in total. The number of benzene rings is 2. The van der Waals surface area contributed by atoms with Crippen LogP contribution in [0.4, 0.5) is 5.69 Å². The molecular formula is C21H13BrN2O4S. The Morgan fingerprint density at radius 3 is 2.66 bits per heavy atom. The lowest BCUT2D eigenvalue weighted by Crippen LogP contribution is -2.35. The lowest BCUT2D eigenvalue weighted by atomic mass is 10.1. The molecule has 1 aliphatic rings. The number of ether oxygens (including phenoxy) is 1. The summed E-state index contributed by atoms with van der Waals surface area (Å²) in [5.41, 5.74) is 3.65. The van der Waals surface area contributed by atoms with Gasteiger partial charge in [-0.2, -0.15) is 0 Å². The monoisotopic (exact) mass is 468 g/mol. The van der Waals surface area contributed by atoms with Crippen LogP contribution in [0.15, 0.2) is 76.1 Å². The minimum Gasteiger partial charge on any atom is -0.422 e. The molecule has 1 fully saturated rings. The number of hydrogen-bond donors (Lipinski definition) is 1. The number of nitrogens with zero attached hydrogens (tertiary/aromatic N) is 1. The smallest absolute Gasteiger partial charge is 0.353 e. The van der Waals surface area contributed by atoms with Gasteiger partial charge in [0.1, 0.15) is 16.2 Å². The highest BCUT2D eigenvalue weighted by molar-refractivity contribution is 9.10. The zero-order valence-electron chi connectivity index (χ0n) is 14.8. The highest BCUT2D eigenvalue weighted by atomic mass is 79.9. The predicted molar refractivity (Wildman–Crippen MR) is 113 cm³/mol. The number of hydrogen-bond acceptors (Lipinski definition) is 5. The summed E-state index contributed by atoms with van der Waals surface area (Å²) >= 11 is 4.64. The fourth-order valence-electron chi connectivity index (χ4n) is 2.74. The van der Waals surface area contributed by atoms with Crippen LogP contribution in [0.2, 0.25) is 0 Å². The summed E-state index contributed by atoms with van der Waals surface area (Å²) in [7, 11) is 0. The van der Waals surface area contributed by atoms with E-state index in [4.69, 9.17) is 4.74 Å². The molecule has 4 rings (SSSR count). The topological polar surface area (TPSA) is 75.7 Å². The van der Waals surface area contributed by atoms with E-state index in [1.807, 2.05) is 6.07 Å². The number of esters is 1. The van der Waals surface area contributed by atoms with Gasteiger partial charge in [0.15, 0.2) is 0 Å². The second-order valence-corrected chi connectivity index (χ2v) is 7.92. The predicted octanol–water partition coefficient (Wildman–Crippen LogP) is 4.19. The Labute approximate surface area is 178 Å². The molecule has 8 heteroatoms. The summed E-state index contributed by atoms with van der Waals surface area (Å²) in [6.07, 6.45) is 1.47. The molecule has 2 aromatic carbocycles. The molecule has 0 unspecified atom stereocenters. The second kappa shape index (κ2) is 8.02. The third-order valence-electron chi connectivity index (χ3n) is 4.06. The normalized spacial score (nSPS) is 14.9. The van der Waals surface area contributed by atoms with E-state index in [1.54, 1.807) is 60.0 Å². The molecule has 2 heterocycles. The molecule has 2 amide bonds. The average molecular weight is 469 g/mol. The highest BCUT2D eigenvalue weighted by Crippen LogP contribution is 2.25. The van der Waals surface area contributed by atoms with Crippen molar-refractivity contribution >= 4 is 56.8 Å². The van der Waals surface area contributed by atoms with Crippen LogP contribution in [0.1, 0.15) is 15.2 Å². The summed E-state index contributed by atoms with van der Waals surface area (Å²) < 4.78 is 6.15. The Kier molecular flexibility index (Phi) is 5.28. The number of rotatable bonds is 4. The molecule has 3 aromatic rings. The number of hydrazine groups is 1. The van der Waals surface area contributed by atoms with E-state index >= 15 is 0 Å². The zero-order valence-corrected chi connectivity index (χ0v) is 17.2. The van der Waals surface area contributed by atoms with Crippen molar-refractivity contribution in [2.24, 2.45) is 0 Å². The van der Waals surface area contributed by atoms with Crippen molar-refractivity contribution in [3.05, 3.63) is 86.5 Å². The van der Waals surface area contributed by atoms with E-state index in [0.29, 0.717) is 21.9 Å². The minimum absolute atomic E-state index is 0.00768. The van der Waals surface area contributed by atoms with Crippen LogP contribution in [0.25, 0.3) is 6.08 Å². The van der Waals surface area contributed by atoms with Gasteiger partial charge in [0.25, 0.3) is 11.8 Å². The third-order valence-corrected chi connectivity index (χ3v) is 5.40. The maximum absolute atomic E-state index is 12.7. The third kappa shape index (κ3) is 4.13. The zero-order chi connectivity index (χ0) is 20.4. The Balaban J connectivity index is 1.57. The first kappa shape index (κ1) is 19.1. The van der Waals surface area contributed by atoms with Gasteiger partial charge in [-0.25, -0.2) is 9.80 Å². The summed E-state index contributed by atoms with van der Waals surface area (Å²) in [5.74, 6) is -1.10. The van der Waals surface area contributed by atoms with Crippen LogP contribution in [0.5, 0.6) is 5.75 Å². The summed E-state index contributed by atoms with van der Waals surface area (Å²) in [6, 6.07) is 17.1. The SMILES string of the molecule is O=C1NN(c2cccc(Br)c2)C(=O)/C1=C/c1cccc(OC(=O)c2cccs2)c1. The van der Waals surface area contributed by atoms with Crippen LogP contribution in [-0.2, 0) is 9.59 Å². The van der Waals surface area contributed by atoms with Gasteiger partial charge in [-0.05, 0) is 53.4 Å².